The molecule has 0 saturated heterocycles. The van der Waals surface area contributed by atoms with Gasteiger partial charge in [-0.1, -0.05) is 102 Å². The highest BCUT2D eigenvalue weighted by Gasteiger charge is 2.40. The van der Waals surface area contributed by atoms with Gasteiger partial charge in [0, 0.05) is 12.8 Å². The molecule has 2 aromatic carbocycles. The predicted molar refractivity (Wildman–Crippen MR) is 141 cm³/mol. The van der Waals surface area contributed by atoms with Crippen molar-refractivity contribution in [2.45, 2.75) is 109 Å². The smallest absolute Gasteiger partial charge is 0.133 e. The Kier molecular flexibility index (Phi) is 8.51. The number of carbonyl (C=O) groups is 1. The second-order valence-electron chi connectivity index (χ2n) is 11.5. The molecule has 0 bridgehead atoms. The van der Waals surface area contributed by atoms with Crippen LogP contribution in [-0.2, 0) is 16.8 Å². The van der Waals surface area contributed by atoms with Crippen molar-refractivity contribution >= 4 is 5.78 Å². The molecule has 0 amide bonds. The molecule has 0 radical (unpaired) electrons. The number of hydrogen-bond acceptors (Lipinski definition) is 2. The number of unbranched alkanes of at least 4 members (excludes halogenated alkanes) is 3. The molecule has 0 aliphatic heterocycles. The minimum atomic E-state index is 0.118. The molecule has 184 valence electrons. The molecule has 0 N–H and O–H groups in total. The quantitative estimate of drug-likeness (QED) is 0.331. The van der Waals surface area contributed by atoms with Gasteiger partial charge in [0.1, 0.15) is 18.1 Å². The van der Waals surface area contributed by atoms with Crippen LogP contribution in [0.5, 0.6) is 5.75 Å². The number of Topliss-reactive ketones (excluding diaryl/α,β-unsaturated/α-hetero) is 1. The third-order valence-electron chi connectivity index (χ3n) is 8.51. The van der Waals surface area contributed by atoms with E-state index in [9.17, 15) is 4.79 Å². The average molecular weight is 461 g/mol. The number of rotatable bonds is 10. The van der Waals surface area contributed by atoms with Gasteiger partial charge in [-0.15, -0.1) is 0 Å². The Morgan fingerprint density at radius 3 is 2.53 bits per heavy atom. The molecule has 0 heterocycles. The summed E-state index contributed by atoms with van der Waals surface area (Å²) >= 11 is 0. The third kappa shape index (κ3) is 6.12. The van der Waals surface area contributed by atoms with Gasteiger partial charge in [-0.3, -0.25) is 4.79 Å². The van der Waals surface area contributed by atoms with Gasteiger partial charge in [-0.25, -0.2) is 0 Å². The van der Waals surface area contributed by atoms with Gasteiger partial charge in [0.25, 0.3) is 0 Å². The maximum absolute atomic E-state index is 12.7. The molecule has 2 heteroatoms. The molecule has 3 atom stereocenters. The fourth-order valence-corrected chi connectivity index (χ4v) is 6.39. The summed E-state index contributed by atoms with van der Waals surface area (Å²) in [5.74, 6) is 2.95. The second-order valence-corrected chi connectivity index (χ2v) is 11.5. The van der Waals surface area contributed by atoms with Crippen molar-refractivity contribution in [2.75, 3.05) is 0 Å². The summed E-state index contributed by atoms with van der Waals surface area (Å²) in [6, 6.07) is 17.4. The fourth-order valence-electron chi connectivity index (χ4n) is 6.39. The van der Waals surface area contributed by atoms with E-state index in [1.165, 1.54) is 74.5 Å². The maximum atomic E-state index is 12.7. The monoisotopic (exact) mass is 460 g/mol. The molecule has 2 saturated carbocycles. The fraction of sp³-hybridized carbons (Fsp3) is 0.594. The van der Waals surface area contributed by atoms with Crippen molar-refractivity contribution in [3.63, 3.8) is 0 Å². The minimum Gasteiger partial charge on any atom is -0.489 e. The van der Waals surface area contributed by atoms with Gasteiger partial charge in [0.05, 0.1) is 0 Å². The summed E-state index contributed by atoms with van der Waals surface area (Å²) in [6.45, 7) is 7.59. The molecule has 0 spiro atoms. The average Bonchev–Trinajstić information content (AvgIpc) is 2.85. The van der Waals surface area contributed by atoms with Gasteiger partial charge in [0.2, 0.25) is 0 Å². The molecule has 2 aromatic rings. The maximum Gasteiger partial charge on any atom is 0.133 e. The summed E-state index contributed by atoms with van der Waals surface area (Å²) in [6.07, 6.45) is 12.9. The van der Waals surface area contributed by atoms with Gasteiger partial charge in [-0.05, 0) is 65.2 Å². The van der Waals surface area contributed by atoms with E-state index in [0.29, 0.717) is 36.6 Å². The molecular formula is C32H44O2. The molecule has 2 fully saturated rings. The number of carbonyl (C=O) groups excluding carboxylic acids is 1. The molecule has 4 rings (SSSR count). The SMILES string of the molecule is CCCCCCC(C)(C)c1ccc(C2CC(=O)CC3CCCCC32)c(OCc2ccccc2)c1. The van der Waals surface area contributed by atoms with Gasteiger partial charge < -0.3 is 4.74 Å². The van der Waals surface area contributed by atoms with E-state index < -0.39 is 0 Å². The van der Waals surface area contributed by atoms with Crippen molar-refractivity contribution in [3.05, 3.63) is 65.2 Å². The molecule has 0 aromatic heterocycles. The zero-order chi connectivity index (χ0) is 24.0. The lowest BCUT2D eigenvalue weighted by atomic mass is 9.63. The first-order valence-corrected chi connectivity index (χ1v) is 13.8. The normalized spacial score (nSPS) is 22.9. The summed E-state index contributed by atoms with van der Waals surface area (Å²) in [5, 5.41) is 0. The topological polar surface area (TPSA) is 26.3 Å². The summed E-state index contributed by atoms with van der Waals surface area (Å²) in [7, 11) is 0. The van der Waals surface area contributed by atoms with Crippen LogP contribution in [-0.4, -0.2) is 5.78 Å². The van der Waals surface area contributed by atoms with Crippen LogP contribution in [0, 0.1) is 11.8 Å². The first kappa shape index (κ1) is 25.0. The zero-order valence-electron chi connectivity index (χ0n) is 21.7. The molecule has 2 aliphatic rings. The summed E-state index contributed by atoms with van der Waals surface area (Å²) in [5.41, 5.74) is 3.94. The first-order chi connectivity index (χ1) is 16.5. The highest BCUT2D eigenvalue weighted by atomic mass is 16.5. The van der Waals surface area contributed by atoms with E-state index in [2.05, 4.69) is 63.2 Å². The van der Waals surface area contributed by atoms with Crippen LogP contribution >= 0.6 is 0 Å². The van der Waals surface area contributed by atoms with Crippen molar-refractivity contribution in [1.82, 2.24) is 0 Å². The van der Waals surface area contributed by atoms with Crippen LogP contribution in [0.25, 0.3) is 0 Å². The lowest BCUT2D eigenvalue weighted by Crippen LogP contribution is -2.34. The van der Waals surface area contributed by atoms with E-state index in [-0.39, 0.29) is 5.41 Å². The summed E-state index contributed by atoms with van der Waals surface area (Å²) < 4.78 is 6.56. The Labute approximate surface area is 207 Å². The number of hydrogen-bond donors (Lipinski definition) is 0. The number of fused-ring (bicyclic) bond motifs is 1. The van der Waals surface area contributed by atoms with Crippen molar-refractivity contribution in [2.24, 2.45) is 11.8 Å². The Morgan fingerprint density at radius 2 is 1.74 bits per heavy atom. The lowest BCUT2D eigenvalue weighted by molar-refractivity contribution is -0.124. The van der Waals surface area contributed by atoms with Crippen LogP contribution in [0.2, 0.25) is 0 Å². The number of benzene rings is 2. The predicted octanol–water partition coefficient (Wildman–Crippen LogP) is 8.77. The van der Waals surface area contributed by atoms with E-state index in [4.69, 9.17) is 4.74 Å². The van der Waals surface area contributed by atoms with Crippen LogP contribution in [0.1, 0.15) is 114 Å². The Morgan fingerprint density at radius 1 is 0.941 bits per heavy atom. The number of ether oxygens (including phenoxy) is 1. The van der Waals surface area contributed by atoms with Crippen LogP contribution < -0.4 is 4.74 Å². The van der Waals surface area contributed by atoms with Crippen LogP contribution in [0.4, 0.5) is 0 Å². The highest BCUT2D eigenvalue weighted by Crippen LogP contribution is 2.49. The Balaban J connectivity index is 1.62. The molecule has 34 heavy (non-hydrogen) atoms. The zero-order valence-corrected chi connectivity index (χ0v) is 21.7. The van der Waals surface area contributed by atoms with E-state index >= 15 is 0 Å². The Hall–Kier alpha value is -2.09. The lowest BCUT2D eigenvalue weighted by Gasteiger charge is -2.41. The molecule has 3 unspecified atom stereocenters. The van der Waals surface area contributed by atoms with Gasteiger partial charge in [0.15, 0.2) is 0 Å². The van der Waals surface area contributed by atoms with Gasteiger partial charge >= 0.3 is 0 Å². The van der Waals surface area contributed by atoms with Crippen LogP contribution in [0.3, 0.4) is 0 Å². The summed E-state index contributed by atoms with van der Waals surface area (Å²) in [4.78, 5) is 12.7. The molecule has 2 nitrogen and oxygen atoms in total. The highest BCUT2D eigenvalue weighted by molar-refractivity contribution is 5.81. The van der Waals surface area contributed by atoms with E-state index in [1.807, 2.05) is 6.07 Å². The van der Waals surface area contributed by atoms with Crippen molar-refractivity contribution in [3.8, 4) is 5.75 Å². The minimum absolute atomic E-state index is 0.118. The van der Waals surface area contributed by atoms with Gasteiger partial charge in [-0.2, -0.15) is 0 Å². The van der Waals surface area contributed by atoms with Crippen LogP contribution in [0.15, 0.2) is 48.5 Å². The third-order valence-corrected chi connectivity index (χ3v) is 8.51. The van der Waals surface area contributed by atoms with Crippen molar-refractivity contribution in [1.29, 1.82) is 0 Å². The standard InChI is InChI=1S/C32H44O2/c1-4-5-6-12-19-32(2,3)26-17-18-29(31(21-26)34-23-24-13-8-7-9-14-24)30-22-27(33)20-25-15-10-11-16-28(25)30/h7-9,13-14,17-18,21,25,28,30H,4-6,10-12,15-16,19-20,22-23H2,1-3H3. The number of ketones is 1. The first-order valence-electron chi connectivity index (χ1n) is 13.8. The second kappa shape index (κ2) is 11.6. The van der Waals surface area contributed by atoms with Crippen molar-refractivity contribution < 1.29 is 9.53 Å². The Bertz CT molecular complexity index is 929. The largest absolute Gasteiger partial charge is 0.489 e. The molecule has 2 aliphatic carbocycles. The van der Waals surface area contributed by atoms with E-state index in [0.717, 1.165) is 12.2 Å². The van der Waals surface area contributed by atoms with E-state index in [1.54, 1.807) is 0 Å². The molecular weight excluding hydrogens is 416 g/mol.